The maximum absolute atomic E-state index is 12.0. The standard InChI is InChI=1S/C11H16N2O4/c1-3-16-11(15)12-7(2)10(14)13-8-4-5-9(6-8)17-13/h4-5,7-9H,3,6H2,1-2H3,(H,12,15)/t7-,8?,9?/m1/s1. The number of nitrogens with zero attached hydrogens (tertiary/aromatic N) is 1. The minimum absolute atomic E-state index is 0.000976. The fourth-order valence-electron chi connectivity index (χ4n) is 1.94. The Morgan fingerprint density at radius 2 is 2.35 bits per heavy atom. The van der Waals surface area contributed by atoms with E-state index in [2.05, 4.69) is 5.32 Å². The number of nitrogens with one attached hydrogen (secondary N) is 1. The van der Waals surface area contributed by atoms with Crippen molar-refractivity contribution in [2.24, 2.45) is 0 Å². The second-order valence-electron chi connectivity index (χ2n) is 4.08. The Balaban J connectivity index is 1.87. The third-order valence-electron chi connectivity index (χ3n) is 2.77. The van der Waals surface area contributed by atoms with Gasteiger partial charge in [0.1, 0.15) is 12.1 Å². The Labute approximate surface area is 99.5 Å². The number of hydrogen-bond donors (Lipinski definition) is 1. The van der Waals surface area contributed by atoms with Crippen molar-refractivity contribution in [1.29, 1.82) is 0 Å². The lowest BCUT2D eigenvalue weighted by Gasteiger charge is -2.25. The molecule has 0 radical (unpaired) electrons. The molecule has 2 unspecified atom stereocenters. The Morgan fingerprint density at radius 1 is 1.59 bits per heavy atom. The molecule has 0 aromatic carbocycles. The van der Waals surface area contributed by atoms with Crippen LogP contribution < -0.4 is 5.32 Å². The van der Waals surface area contributed by atoms with E-state index in [1.807, 2.05) is 12.2 Å². The van der Waals surface area contributed by atoms with Gasteiger partial charge in [0.15, 0.2) is 0 Å². The third-order valence-corrected chi connectivity index (χ3v) is 2.77. The zero-order valence-corrected chi connectivity index (χ0v) is 9.88. The Hall–Kier alpha value is -1.56. The van der Waals surface area contributed by atoms with Crippen LogP contribution in [0.15, 0.2) is 12.2 Å². The van der Waals surface area contributed by atoms with Crippen molar-refractivity contribution >= 4 is 12.0 Å². The monoisotopic (exact) mass is 240 g/mol. The molecular weight excluding hydrogens is 224 g/mol. The van der Waals surface area contributed by atoms with E-state index in [0.29, 0.717) is 0 Å². The maximum Gasteiger partial charge on any atom is 0.407 e. The lowest BCUT2D eigenvalue weighted by atomic mass is 10.2. The van der Waals surface area contributed by atoms with Crippen LogP contribution in [-0.4, -0.2) is 41.9 Å². The molecule has 17 heavy (non-hydrogen) atoms. The molecule has 1 aliphatic heterocycles. The largest absolute Gasteiger partial charge is 0.450 e. The summed E-state index contributed by atoms with van der Waals surface area (Å²) in [5.74, 6) is -0.255. The highest BCUT2D eigenvalue weighted by molar-refractivity contribution is 5.85. The summed E-state index contributed by atoms with van der Waals surface area (Å²) in [6.07, 6.45) is 4.10. The smallest absolute Gasteiger partial charge is 0.407 e. The minimum atomic E-state index is -0.651. The summed E-state index contributed by atoms with van der Waals surface area (Å²) in [6, 6.07) is -0.652. The second-order valence-corrected chi connectivity index (χ2v) is 4.08. The molecule has 0 spiro atoms. The van der Waals surface area contributed by atoms with Gasteiger partial charge >= 0.3 is 6.09 Å². The molecule has 0 saturated carbocycles. The zero-order chi connectivity index (χ0) is 12.4. The first-order valence-electron chi connectivity index (χ1n) is 5.73. The van der Waals surface area contributed by atoms with Gasteiger partial charge in [-0.25, -0.2) is 9.86 Å². The molecule has 94 valence electrons. The normalized spacial score (nSPS) is 27.1. The van der Waals surface area contributed by atoms with Gasteiger partial charge in [0.05, 0.1) is 12.6 Å². The Morgan fingerprint density at radius 3 is 2.88 bits per heavy atom. The maximum atomic E-state index is 12.0. The lowest BCUT2D eigenvalue weighted by molar-refractivity contribution is -0.184. The number of fused-ring (bicyclic) bond motifs is 2. The van der Waals surface area contributed by atoms with E-state index < -0.39 is 12.1 Å². The second kappa shape index (κ2) is 4.75. The molecule has 1 saturated heterocycles. The van der Waals surface area contributed by atoms with Crippen molar-refractivity contribution < 1.29 is 19.2 Å². The van der Waals surface area contributed by atoms with Crippen LogP contribution in [-0.2, 0) is 14.4 Å². The molecule has 0 aromatic heterocycles. The Bertz CT molecular complexity index is 355. The van der Waals surface area contributed by atoms with E-state index in [0.717, 1.165) is 6.42 Å². The van der Waals surface area contributed by atoms with E-state index in [-0.39, 0.29) is 24.7 Å². The van der Waals surface area contributed by atoms with Gasteiger partial charge in [0.25, 0.3) is 5.91 Å². The minimum Gasteiger partial charge on any atom is -0.450 e. The van der Waals surface area contributed by atoms with Crippen molar-refractivity contribution in [3.63, 3.8) is 0 Å². The van der Waals surface area contributed by atoms with E-state index in [9.17, 15) is 9.59 Å². The van der Waals surface area contributed by atoms with Crippen LogP contribution in [0.5, 0.6) is 0 Å². The quantitative estimate of drug-likeness (QED) is 0.733. The lowest BCUT2D eigenvalue weighted by Crippen LogP contribution is -2.48. The van der Waals surface area contributed by atoms with Crippen LogP contribution in [0.25, 0.3) is 0 Å². The first-order chi connectivity index (χ1) is 8.11. The molecule has 2 amide bonds. The predicted octanol–water partition coefficient (Wildman–Crippen LogP) is 0.592. The van der Waals surface area contributed by atoms with E-state index in [1.54, 1.807) is 13.8 Å². The van der Waals surface area contributed by atoms with Gasteiger partial charge in [-0.05, 0) is 13.8 Å². The molecular formula is C11H16N2O4. The first kappa shape index (κ1) is 11.9. The molecule has 2 rings (SSSR count). The number of alkyl carbamates (subject to hydrolysis) is 1. The van der Waals surface area contributed by atoms with E-state index in [1.165, 1.54) is 5.06 Å². The van der Waals surface area contributed by atoms with Crippen LogP contribution in [0.4, 0.5) is 4.79 Å². The average Bonchev–Trinajstić information content (AvgIpc) is 2.89. The average molecular weight is 240 g/mol. The topological polar surface area (TPSA) is 67.9 Å². The molecule has 6 nitrogen and oxygen atoms in total. The highest BCUT2D eigenvalue weighted by Crippen LogP contribution is 2.29. The van der Waals surface area contributed by atoms with Crippen LogP contribution in [0, 0.1) is 0 Å². The van der Waals surface area contributed by atoms with Crippen LogP contribution in [0.3, 0.4) is 0 Å². The zero-order valence-electron chi connectivity index (χ0n) is 9.88. The molecule has 1 N–H and O–H groups in total. The van der Waals surface area contributed by atoms with Gasteiger partial charge in [-0.1, -0.05) is 12.2 Å². The van der Waals surface area contributed by atoms with Gasteiger partial charge in [0, 0.05) is 6.42 Å². The van der Waals surface area contributed by atoms with Crippen molar-refractivity contribution in [3.8, 4) is 0 Å². The fraction of sp³-hybridized carbons (Fsp3) is 0.636. The van der Waals surface area contributed by atoms with Crippen LogP contribution in [0.1, 0.15) is 20.3 Å². The summed E-state index contributed by atoms with van der Waals surface area (Å²) in [6.45, 7) is 3.60. The fourth-order valence-corrected chi connectivity index (χ4v) is 1.94. The summed E-state index contributed by atoms with van der Waals surface area (Å²) in [5, 5.41) is 3.80. The molecule has 3 atom stereocenters. The van der Waals surface area contributed by atoms with Gasteiger partial charge in [-0.15, -0.1) is 0 Å². The van der Waals surface area contributed by atoms with Gasteiger partial charge in [0.2, 0.25) is 0 Å². The predicted molar refractivity (Wildman–Crippen MR) is 58.9 cm³/mol. The van der Waals surface area contributed by atoms with Crippen LogP contribution in [0.2, 0.25) is 0 Å². The molecule has 1 aliphatic carbocycles. The molecule has 2 bridgehead atoms. The molecule has 1 fully saturated rings. The summed E-state index contributed by atoms with van der Waals surface area (Å²) in [4.78, 5) is 28.5. The first-order valence-corrected chi connectivity index (χ1v) is 5.73. The van der Waals surface area contributed by atoms with Gasteiger partial charge in [-0.3, -0.25) is 9.63 Å². The molecule has 0 aromatic rings. The highest BCUT2D eigenvalue weighted by Gasteiger charge is 2.40. The third kappa shape index (κ3) is 2.41. The summed E-state index contributed by atoms with van der Waals surface area (Å²) in [7, 11) is 0. The van der Waals surface area contributed by atoms with E-state index in [4.69, 9.17) is 9.57 Å². The van der Waals surface area contributed by atoms with Crippen molar-refractivity contribution in [2.75, 3.05) is 6.61 Å². The number of carbonyl (C=O) groups is 2. The van der Waals surface area contributed by atoms with Gasteiger partial charge < -0.3 is 10.1 Å². The summed E-state index contributed by atoms with van der Waals surface area (Å²) >= 11 is 0. The number of hydroxylamine groups is 2. The number of rotatable bonds is 3. The molecule has 1 heterocycles. The molecule has 2 aliphatic rings. The van der Waals surface area contributed by atoms with Crippen molar-refractivity contribution in [1.82, 2.24) is 10.4 Å². The SMILES string of the molecule is CCOC(=O)N[C@H](C)C(=O)N1OC2C=CC1C2. The number of hydrogen-bond acceptors (Lipinski definition) is 4. The molecule has 6 heteroatoms. The number of carbonyl (C=O) groups excluding carboxylic acids is 2. The van der Waals surface area contributed by atoms with Crippen molar-refractivity contribution in [2.45, 2.75) is 38.5 Å². The summed E-state index contributed by atoms with van der Waals surface area (Å²) in [5.41, 5.74) is 0. The Kier molecular flexibility index (Phi) is 3.33. The summed E-state index contributed by atoms with van der Waals surface area (Å²) < 4.78 is 4.71. The number of ether oxygens (including phenoxy) is 1. The number of amides is 2. The van der Waals surface area contributed by atoms with Crippen molar-refractivity contribution in [3.05, 3.63) is 12.2 Å². The van der Waals surface area contributed by atoms with Crippen LogP contribution >= 0.6 is 0 Å². The van der Waals surface area contributed by atoms with Gasteiger partial charge in [-0.2, -0.15) is 0 Å². The highest BCUT2D eigenvalue weighted by atomic mass is 16.7. The van der Waals surface area contributed by atoms with E-state index >= 15 is 0 Å².